The minimum Gasteiger partial charge on any atom is -0.334 e. The zero-order chi connectivity index (χ0) is 20.0. The van der Waals surface area contributed by atoms with Crippen LogP contribution < -0.4 is 5.56 Å². The van der Waals surface area contributed by atoms with Crippen LogP contribution in [0.15, 0.2) is 47.8 Å². The van der Waals surface area contributed by atoms with Gasteiger partial charge in [-0.25, -0.2) is 9.67 Å². The third-order valence-corrected chi connectivity index (χ3v) is 4.90. The molecule has 4 aromatic rings. The van der Waals surface area contributed by atoms with Crippen LogP contribution in [-0.2, 0) is 6.54 Å². The van der Waals surface area contributed by atoms with E-state index in [0.717, 1.165) is 5.69 Å². The lowest BCUT2D eigenvalue weighted by molar-refractivity contribution is 0.0499. The van der Waals surface area contributed by atoms with Crippen LogP contribution in [-0.4, -0.2) is 63.3 Å². The number of aryl methyl sites for hydroxylation is 1. The Bertz CT molecular complexity index is 1250. The molecular weight excluding hydrogens is 374 g/mol. The van der Waals surface area contributed by atoms with E-state index in [1.165, 1.54) is 15.3 Å². The van der Waals surface area contributed by atoms with Gasteiger partial charge in [0.05, 0.1) is 30.2 Å². The average Bonchev–Trinajstić information content (AvgIpc) is 3.33. The van der Waals surface area contributed by atoms with Crippen LogP contribution in [0.3, 0.4) is 0 Å². The standard InChI is InChI=1S/C18H17N9O2/c1-12-7-16(28)25-6-2-3-15(17(25)21-12)18(29)24-10-14(11-24)26-8-13(22-23-26)9-27-19-4-5-20-27/h2-8,14H,9-11H2,1H3. The van der Waals surface area contributed by atoms with Crippen molar-refractivity contribution in [3.63, 3.8) is 0 Å². The SMILES string of the molecule is Cc1cc(=O)n2cccc(C(=O)N3CC(n4cc(Cn5nccn5)nn4)C3)c2n1. The van der Waals surface area contributed by atoms with Crippen LogP contribution in [0, 0.1) is 6.92 Å². The van der Waals surface area contributed by atoms with E-state index < -0.39 is 0 Å². The van der Waals surface area contributed by atoms with Crippen LogP contribution in [0.5, 0.6) is 0 Å². The lowest BCUT2D eigenvalue weighted by atomic mass is 10.1. The van der Waals surface area contributed by atoms with E-state index in [1.54, 1.807) is 47.2 Å². The van der Waals surface area contributed by atoms with Gasteiger partial charge in [0, 0.05) is 31.0 Å². The highest BCUT2D eigenvalue weighted by atomic mass is 16.2. The van der Waals surface area contributed by atoms with Gasteiger partial charge in [-0.1, -0.05) is 5.21 Å². The fraction of sp³-hybridized carbons (Fsp3) is 0.278. The van der Waals surface area contributed by atoms with Gasteiger partial charge in [0.2, 0.25) is 0 Å². The van der Waals surface area contributed by atoms with Crippen LogP contribution in [0.25, 0.3) is 5.65 Å². The molecule has 11 heteroatoms. The van der Waals surface area contributed by atoms with E-state index in [2.05, 4.69) is 25.5 Å². The van der Waals surface area contributed by atoms with Gasteiger partial charge in [-0.15, -0.1) is 5.10 Å². The molecule has 1 fully saturated rings. The molecular formula is C18H17N9O2. The molecule has 0 unspecified atom stereocenters. The second-order valence-corrected chi connectivity index (χ2v) is 6.96. The fourth-order valence-corrected chi connectivity index (χ4v) is 3.40. The van der Waals surface area contributed by atoms with Gasteiger partial charge in [0.1, 0.15) is 12.2 Å². The van der Waals surface area contributed by atoms with Crippen molar-refractivity contribution >= 4 is 11.6 Å². The summed E-state index contributed by atoms with van der Waals surface area (Å²) in [6, 6.07) is 4.88. The highest BCUT2D eigenvalue weighted by molar-refractivity contribution is 6.00. The monoisotopic (exact) mass is 391 g/mol. The molecule has 0 aliphatic carbocycles. The second kappa shape index (κ2) is 6.62. The number of amides is 1. The summed E-state index contributed by atoms with van der Waals surface area (Å²) in [6.07, 6.45) is 6.68. The van der Waals surface area contributed by atoms with E-state index >= 15 is 0 Å². The van der Waals surface area contributed by atoms with Gasteiger partial charge in [-0.05, 0) is 19.1 Å². The number of likely N-dealkylation sites (tertiary alicyclic amines) is 1. The predicted molar refractivity (Wildman–Crippen MR) is 100 cm³/mol. The third-order valence-electron chi connectivity index (χ3n) is 4.90. The van der Waals surface area contributed by atoms with Gasteiger partial charge in [-0.3, -0.25) is 14.0 Å². The molecule has 0 bridgehead atoms. The van der Waals surface area contributed by atoms with Crippen LogP contribution >= 0.6 is 0 Å². The van der Waals surface area contributed by atoms with Crippen molar-refractivity contribution in [2.45, 2.75) is 19.5 Å². The molecule has 1 amide bonds. The molecule has 146 valence electrons. The third kappa shape index (κ3) is 3.06. The van der Waals surface area contributed by atoms with E-state index in [9.17, 15) is 9.59 Å². The van der Waals surface area contributed by atoms with Crippen molar-refractivity contribution in [3.8, 4) is 0 Å². The van der Waals surface area contributed by atoms with E-state index in [-0.39, 0.29) is 17.5 Å². The van der Waals surface area contributed by atoms with Gasteiger partial charge in [0.25, 0.3) is 11.5 Å². The van der Waals surface area contributed by atoms with Crippen LogP contribution in [0.4, 0.5) is 0 Å². The largest absolute Gasteiger partial charge is 0.334 e. The summed E-state index contributed by atoms with van der Waals surface area (Å²) < 4.78 is 3.16. The fourth-order valence-electron chi connectivity index (χ4n) is 3.40. The molecule has 0 N–H and O–H groups in total. The molecule has 1 aliphatic heterocycles. The molecule has 4 aromatic heterocycles. The number of fused-ring (bicyclic) bond motifs is 1. The maximum absolute atomic E-state index is 13.0. The maximum atomic E-state index is 13.0. The first-order valence-corrected chi connectivity index (χ1v) is 9.11. The van der Waals surface area contributed by atoms with Gasteiger partial charge in [-0.2, -0.15) is 15.0 Å². The zero-order valence-corrected chi connectivity index (χ0v) is 15.6. The Balaban J connectivity index is 1.31. The normalized spacial score (nSPS) is 14.3. The molecule has 0 spiro atoms. The molecule has 0 aromatic carbocycles. The summed E-state index contributed by atoms with van der Waals surface area (Å²) in [4.78, 5) is 32.7. The lowest BCUT2D eigenvalue weighted by Gasteiger charge is -2.38. The van der Waals surface area contributed by atoms with E-state index in [4.69, 9.17) is 0 Å². The Morgan fingerprint density at radius 3 is 2.83 bits per heavy atom. The summed E-state index contributed by atoms with van der Waals surface area (Å²) in [6.45, 7) is 3.21. The summed E-state index contributed by atoms with van der Waals surface area (Å²) >= 11 is 0. The van der Waals surface area contributed by atoms with Crippen LogP contribution in [0.2, 0.25) is 0 Å². The van der Waals surface area contributed by atoms with Crippen molar-refractivity contribution < 1.29 is 4.79 Å². The first-order chi connectivity index (χ1) is 14.1. The second-order valence-electron chi connectivity index (χ2n) is 6.96. The number of aromatic nitrogens is 8. The van der Waals surface area contributed by atoms with Crippen LogP contribution in [0.1, 0.15) is 27.8 Å². The smallest absolute Gasteiger partial charge is 0.258 e. The van der Waals surface area contributed by atoms with Crippen molar-refractivity contribution in [1.29, 1.82) is 0 Å². The number of carbonyl (C=O) groups is 1. The lowest BCUT2D eigenvalue weighted by Crippen LogP contribution is -2.51. The average molecular weight is 391 g/mol. The summed E-state index contributed by atoms with van der Waals surface area (Å²) in [5.74, 6) is -0.155. The van der Waals surface area contributed by atoms with E-state index in [1.807, 2.05) is 6.20 Å². The summed E-state index contributed by atoms with van der Waals surface area (Å²) in [7, 11) is 0. The van der Waals surface area contributed by atoms with Gasteiger partial charge >= 0.3 is 0 Å². The Labute approximate surface area is 164 Å². The Morgan fingerprint density at radius 1 is 1.24 bits per heavy atom. The van der Waals surface area contributed by atoms with E-state index in [0.29, 0.717) is 36.5 Å². The summed E-state index contributed by atoms with van der Waals surface area (Å²) in [5, 5.41) is 16.4. The van der Waals surface area contributed by atoms with Crippen molar-refractivity contribution in [1.82, 2.24) is 44.3 Å². The molecule has 0 atom stereocenters. The molecule has 1 saturated heterocycles. The molecule has 11 nitrogen and oxygen atoms in total. The molecule has 0 saturated carbocycles. The number of carbonyl (C=O) groups excluding carboxylic acids is 1. The number of nitrogens with zero attached hydrogens (tertiary/aromatic N) is 9. The molecule has 29 heavy (non-hydrogen) atoms. The van der Waals surface area contributed by atoms with Gasteiger partial charge < -0.3 is 4.90 Å². The highest BCUT2D eigenvalue weighted by Gasteiger charge is 2.34. The van der Waals surface area contributed by atoms with Gasteiger partial charge in [0.15, 0.2) is 5.65 Å². The quantitative estimate of drug-likeness (QED) is 0.478. The maximum Gasteiger partial charge on any atom is 0.258 e. The van der Waals surface area contributed by atoms with Crippen molar-refractivity contribution in [3.05, 3.63) is 70.3 Å². The topological polar surface area (TPSA) is 116 Å². The number of pyridine rings is 1. The number of rotatable bonds is 4. The zero-order valence-electron chi connectivity index (χ0n) is 15.6. The first-order valence-electron chi connectivity index (χ1n) is 9.11. The highest BCUT2D eigenvalue weighted by Crippen LogP contribution is 2.23. The van der Waals surface area contributed by atoms with Crippen molar-refractivity contribution in [2.75, 3.05) is 13.1 Å². The van der Waals surface area contributed by atoms with Crippen molar-refractivity contribution in [2.24, 2.45) is 0 Å². The first kappa shape index (κ1) is 17.2. The predicted octanol–water partition coefficient (Wildman–Crippen LogP) is -0.0687. The Morgan fingerprint density at radius 2 is 2.03 bits per heavy atom. The molecule has 0 radical (unpaired) electrons. The number of hydrogen-bond donors (Lipinski definition) is 0. The molecule has 5 rings (SSSR count). The molecule has 5 heterocycles. The Hall–Kier alpha value is -3.89. The minimum absolute atomic E-state index is 0.0539. The summed E-state index contributed by atoms with van der Waals surface area (Å²) in [5.41, 5.74) is 1.92. The Kier molecular flexibility index (Phi) is 3.93. The molecule has 1 aliphatic rings. The minimum atomic E-state index is -0.203. The number of hydrogen-bond acceptors (Lipinski definition) is 7.